The van der Waals surface area contributed by atoms with Gasteiger partial charge in [-0.2, -0.15) is 13.2 Å². The van der Waals surface area contributed by atoms with Crippen LogP contribution in [0.4, 0.5) is 18.9 Å². The summed E-state index contributed by atoms with van der Waals surface area (Å²) in [5, 5.41) is -0.172. The lowest BCUT2D eigenvalue weighted by Gasteiger charge is -2.27. The van der Waals surface area contributed by atoms with Crippen molar-refractivity contribution < 1.29 is 26.4 Å². The molecule has 1 fully saturated rings. The maximum atomic E-state index is 13.3. The molecule has 31 heavy (non-hydrogen) atoms. The third-order valence-corrected chi connectivity index (χ3v) is 7.28. The predicted octanol–water partition coefficient (Wildman–Crippen LogP) is 5.51. The normalized spacial score (nSPS) is 15.1. The SMILES string of the molecule is CSc1ccc(S(=O)(=O)Nc2ccc(Cl)cc2C(F)(F)F)cc1C(=O)N1CCCCC1. The van der Waals surface area contributed by atoms with E-state index < -0.39 is 27.5 Å². The molecule has 1 amide bonds. The van der Waals surface area contributed by atoms with Crippen LogP contribution in [0.15, 0.2) is 46.2 Å². The lowest BCUT2D eigenvalue weighted by Crippen LogP contribution is -2.36. The van der Waals surface area contributed by atoms with Gasteiger partial charge in [-0.05, 0) is 61.9 Å². The van der Waals surface area contributed by atoms with Crippen molar-refractivity contribution in [3.63, 3.8) is 0 Å². The maximum Gasteiger partial charge on any atom is 0.418 e. The van der Waals surface area contributed by atoms with Crippen LogP contribution >= 0.6 is 23.4 Å². The van der Waals surface area contributed by atoms with Crippen LogP contribution in [-0.2, 0) is 16.2 Å². The Balaban J connectivity index is 1.98. The van der Waals surface area contributed by atoms with Crippen LogP contribution in [-0.4, -0.2) is 38.6 Å². The zero-order valence-corrected chi connectivity index (χ0v) is 18.9. The van der Waals surface area contributed by atoms with E-state index in [0.29, 0.717) is 24.1 Å². The van der Waals surface area contributed by atoms with Gasteiger partial charge in [0.1, 0.15) is 0 Å². The average molecular weight is 493 g/mol. The molecule has 1 N–H and O–H groups in total. The number of likely N-dealkylation sites (tertiary alicyclic amines) is 1. The molecule has 1 aliphatic heterocycles. The first-order chi connectivity index (χ1) is 14.5. The number of rotatable bonds is 5. The number of amides is 1. The first kappa shape index (κ1) is 23.7. The molecule has 0 saturated carbocycles. The first-order valence-corrected chi connectivity index (χ1v) is 12.5. The van der Waals surface area contributed by atoms with E-state index in [1.165, 1.54) is 30.0 Å². The van der Waals surface area contributed by atoms with E-state index in [-0.39, 0.29) is 21.4 Å². The number of carbonyl (C=O) groups excluding carboxylic acids is 1. The van der Waals surface area contributed by atoms with Crippen molar-refractivity contribution in [2.45, 2.75) is 35.2 Å². The highest BCUT2D eigenvalue weighted by Crippen LogP contribution is 2.37. The molecule has 5 nitrogen and oxygen atoms in total. The molecular formula is C20H20ClF3N2O3S2. The van der Waals surface area contributed by atoms with Crippen LogP contribution in [0.5, 0.6) is 0 Å². The van der Waals surface area contributed by atoms with Crippen LogP contribution in [0.1, 0.15) is 35.2 Å². The Labute approximate surface area is 188 Å². The number of alkyl halides is 3. The van der Waals surface area contributed by atoms with Gasteiger partial charge in [0.15, 0.2) is 0 Å². The second-order valence-electron chi connectivity index (χ2n) is 7.01. The molecule has 0 radical (unpaired) electrons. The number of anilines is 1. The van der Waals surface area contributed by atoms with E-state index in [4.69, 9.17) is 11.6 Å². The van der Waals surface area contributed by atoms with Crippen LogP contribution in [0.3, 0.4) is 0 Å². The predicted molar refractivity (Wildman–Crippen MR) is 115 cm³/mol. The molecule has 0 spiro atoms. The Bertz CT molecular complexity index is 1090. The molecular weight excluding hydrogens is 473 g/mol. The highest BCUT2D eigenvalue weighted by atomic mass is 35.5. The molecule has 0 aromatic heterocycles. The van der Waals surface area contributed by atoms with E-state index in [2.05, 4.69) is 0 Å². The van der Waals surface area contributed by atoms with Crippen LogP contribution < -0.4 is 4.72 Å². The number of hydrogen-bond acceptors (Lipinski definition) is 4. The number of thioether (sulfide) groups is 1. The number of carbonyl (C=O) groups is 1. The summed E-state index contributed by atoms with van der Waals surface area (Å²) >= 11 is 6.94. The topological polar surface area (TPSA) is 66.5 Å². The van der Waals surface area contributed by atoms with Crippen LogP contribution in [0.2, 0.25) is 5.02 Å². The van der Waals surface area contributed by atoms with E-state index in [1.54, 1.807) is 11.2 Å². The van der Waals surface area contributed by atoms with Gasteiger partial charge in [0.2, 0.25) is 0 Å². The van der Waals surface area contributed by atoms with Crippen molar-refractivity contribution in [1.82, 2.24) is 4.90 Å². The minimum absolute atomic E-state index is 0.172. The summed E-state index contributed by atoms with van der Waals surface area (Å²) in [5.41, 5.74) is -1.63. The van der Waals surface area contributed by atoms with Gasteiger partial charge in [0.25, 0.3) is 15.9 Å². The lowest BCUT2D eigenvalue weighted by atomic mass is 10.1. The molecule has 168 valence electrons. The summed E-state index contributed by atoms with van der Waals surface area (Å²) in [5.74, 6) is -0.288. The maximum absolute atomic E-state index is 13.3. The Morgan fingerprint density at radius 3 is 2.39 bits per heavy atom. The molecule has 0 bridgehead atoms. The molecule has 2 aromatic carbocycles. The van der Waals surface area contributed by atoms with Gasteiger partial charge in [0.05, 0.1) is 21.7 Å². The number of halogens is 4. The van der Waals surface area contributed by atoms with E-state index in [9.17, 15) is 26.4 Å². The summed E-state index contributed by atoms with van der Waals surface area (Å²) in [6, 6.07) is 6.75. The molecule has 3 rings (SSSR count). The van der Waals surface area contributed by atoms with E-state index in [0.717, 1.165) is 31.4 Å². The standard InChI is InChI=1S/C20H20ClF3N2O3S2/c1-30-18-8-6-14(12-15(18)19(27)26-9-3-2-4-10-26)31(28,29)25-17-7-5-13(21)11-16(17)20(22,23)24/h5-8,11-12,25H,2-4,9-10H2,1H3. The number of nitrogens with one attached hydrogen (secondary N) is 1. The minimum Gasteiger partial charge on any atom is -0.339 e. The van der Waals surface area contributed by atoms with Gasteiger partial charge in [0, 0.05) is 23.0 Å². The van der Waals surface area contributed by atoms with Crippen molar-refractivity contribution in [3.05, 3.63) is 52.5 Å². The van der Waals surface area contributed by atoms with Gasteiger partial charge in [-0.1, -0.05) is 11.6 Å². The molecule has 0 aliphatic carbocycles. The highest BCUT2D eigenvalue weighted by Gasteiger charge is 2.35. The molecule has 2 aromatic rings. The fourth-order valence-corrected chi connectivity index (χ4v) is 5.18. The van der Waals surface area contributed by atoms with Gasteiger partial charge in [-0.25, -0.2) is 8.42 Å². The van der Waals surface area contributed by atoms with E-state index in [1.807, 2.05) is 4.72 Å². The van der Waals surface area contributed by atoms with Gasteiger partial charge >= 0.3 is 6.18 Å². The second-order valence-corrected chi connectivity index (χ2v) is 9.98. The number of benzene rings is 2. The molecule has 11 heteroatoms. The molecule has 1 heterocycles. The Kier molecular flexibility index (Phi) is 7.12. The van der Waals surface area contributed by atoms with Crippen molar-refractivity contribution >= 4 is 45.0 Å². The largest absolute Gasteiger partial charge is 0.418 e. The molecule has 0 atom stereocenters. The third kappa shape index (κ3) is 5.48. The number of hydrogen-bond donors (Lipinski definition) is 1. The van der Waals surface area contributed by atoms with Gasteiger partial charge < -0.3 is 4.90 Å². The Morgan fingerprint density at radius 2 is 1.77 bits per heavy atom. The molecule has 1 aliphatic rings. The third-order valence-electron chi connectivity index (χ3n) is 4.89. The summed E-state index contributed by atoms with van der Waals surface area (Å²) in [4.78, 5) is 14.9. The number of nitrogens with zero attached hydrogens (tertiary/aromatic N) is 1. The monoisotopic (exact) mass is 492 g/mol. The molecule has 0 unspecified atom stereocenters. The van der Waals surface area contributed by atoms with Crippen molar-refractivity contribution in [3.8, 4) is 0 Å². The smallest absolute Gasteiger partial charge is 0.339 e. The van der Waals surface area contributed by atoms with Gasteiger partial charge in [-0.3, -0.25) is 9.52 Å². The van der Waals surface area contributed by atoms with Crippen LogP contribution in [0, 0.1) is 0 Å². The fourth-order valence-electron chi connectivity index (χ4n) is 3.33. The minimum atomic E-state index is -4.80. The van der Waals surface area contributed by atoms with Crippen molar-refractivity contribution in [2.75, 3.05) is 24.1 Å². The zero-order valence-electron chi connectivity index (χ0n) is 16.5. The summed E-state index contributed by atoms with van der Waals surface area (Å²) in [6.45, 7) is 1.17. The highest BCUT2D eigenvalue weighted by molar-refractivity contribution is 7.98. The van der Waals surface area contributed by atoms with Crippen molar-refractivity contribution in [2.24, 2.45) is 0 Å². The summed E-state index contributed by atoms with van der Waals surface area (Å²) in [6.07, 6.45) is -0.271. The first-order valence-electron chi connectivity index (χ1n) is 9.40. The summed E-state index contributed by atoms with van der Waals surface area (Å²) in [7, 11) is -4.39. The number of sulfonamides is 1. The zero-order chi connectivity index (χ0) is 22.8. The van der Waals surface area contributed by atoms with Crippen molar-refractivity contribution in [1.29, 1.82) is 0 Å². The molecule has 1 saturated heterocycles. The lowest BCUT2D eigenvalue weighted by molar-refractivity contribution is -0.136. The second kappa shape index (κ2) is 9.30. The average Bonchev–Trinajstić information content (AvgIpc) is 2.73. The fraction of sp³-hybridized carbons (Fsp3) is 0.350. The van der Waals surface area contributed by atoms with Gasteiger partial charge in [-0.15, -0.1) is 11.8 Å². The Hall–Kier alpha value is -1.91. The summed E-state index contributed by atoms with van der Waals surface area (Å²) < 4.78 is 67.7. The van der Waals surface area contributed by atoms with E-state index >= 15 is 0 Å². The quantitative estimate of drug-likeness (QED) is 0.559. The number of piperidine rings is 1. The van der Waals surface area contributed by atoms with Crippen LogP contribution in [0.25, 0.3) is 0 Å². The Morgan fingerprint density at radius 1 is 1.10 bits per heavy atom.